The van der Waals surface area contributed by atoms with Crippen LogP contribution in [0.4, 0.5) is 0 Å². The summed E-state index contributed by atoms with van der Waals surface area (Å²) >= 11 is 2.71. The van der Waals surface area contributed by atoms with Crippen LogP contribution >= 0.6 is 22.7 Å². The molecule has 35 heavy (non-hydrogen) atoms. The zero-order valence-electron chi connectivity index (χ0n) is 19.7. The van der Waals surface area contributed by atoms with Gasteiger partial charge in [0.2, 0.25) is 0 Å². The number of benzene rings is 1. The molecule has 0 amide bonds. The lowest BCUT2D eigenvalue weighted by Gasteiger charge is -2.23. The van der Waals surface area contributed by atoms with Crippen LogP contribution in [-0.2, 0) is 14.3 Å². The average Bonchev–Trinajstić information content (AvgIpc) is 3.43. The van der Waals surface area contributed by atoms with Crippen molar-refractivity contribution in [3.05, 3.63) is 77.1 Å². The number of esters is 2. The van der Waals surface area contributed by atoms with Crippen LogP contribution in [-0.4, -0.2) is 29.7 Å². The SMILES string of the molecule is CCOC(=O)C1=C(C)N=c2sc(=Cc3ccc(OC(C)=O)c(OCC)c3)c(=O)n2[C@@H]1c1cccs1. The molecule has 1 aliphatic rings. The van der Waals surface area contributed by atoms with Gasteiger partial charge in [0.25, 0.3) is 5.56 Å². The van der Waals surface area contributed by atoms with Crippen molar-refractivity contribution >= 4 is 40.7 Å². The summed E-state index contributed by atoms with van der Waals surface area (Å²) in [5.41, 5.74) is 1.32. The normalized spacial score (nSPS) is 15.4. The lowest BCUT2D eigenvalue weighted by Crippen LogP contribution is -2.39. The molecule has 0 saturated heterocycles. The third-order valence-corrected chi connectivity index (χ3v) is 7.06. The summed E-state index contributed by atoms with van der Waals surface area (Å²) in [5, 5.41) is 1.91. The van der Waals surface area contributed by atoms with Crippen molar-refractivity contribution in [1.29, 1.82) is 0 Å². The number of ether oxygens (including phenoxy) is 3. The predicted octanol–water partition coefficient (Wildman–Crippen LogP) is 3.18. The third kappa shape index (κ3) is 4.98. The molecule has 0 N–H and O–H groups in total. The van der Waals surface area contributed by atoms with Crippen LogP contribution in [0.15, 0.2) is 56.8 Å². The molecule has 8 nitrogen and oxygen atoms in total. The van der Waals surface area contributed by atoms with E-state index < -0.39 is 18.0 Å². The number of carbonyl (C=O) groups excluding carboxylic acids is 2. The van der Waals surface area contributed by atoms with Crippen molar-refractivity contribution < 1.29 is 23.8 Å². The van der Waals surface area contributed by atoms with Gasteiger partial charge in [0.05, 0.1) is 29.0 Å². The quantitative estimate of drug-likeness (QED) is 0.356. The van der Waals surface area contributed by atoms with Gasteiger partial charge in [-0.3, -0.25) is 14.2 Å². The van der Waals surface area contributed by atoms with E-state index in [0.717, 1.165) is 4.88 Å². The van der Waals surface area contributed by atoms with Crippen molar-refractivity contribution in [1.82, 2.24) is 4.57 Å². The fourth-order valence-electron chi connectivity index (χ4n) is 3.78. The van der Waals surface area contributed by atoms with Crippen LogP contribution in [0.2, 0.25) is 0 Å². The van der Waals surface area contributed by atoms with Crippen molar-refractivity contribution in [2.45, 2.75) is 33.7 Å². The number of thiazole rings is 1. The second kappa shape index (κ2) is 10.4. The lowest BCUT2D eigenvalue weighted by atomic mass is 10.0. The Morgan fingerprint density at radius 2 is 1.97 bits per heavy atom. The highest BCUT2D eigenvalue weighted by Gasteiger charge is 2.33. The van der Waals surface area contributed by atoms with Crippen LogP contribution in [0, 0.1) is 0 Å². The molecule has 2 aromatic heterocycles. The first-order valence-electron chi connectivity index (χ1n) is 11.0. The van der Waals surface area contributed by atoms with Gasteiger partial charge in [-0.05, 0) is 56.0 Å². The average molecular weight is 513 g/mol. The Balaban J connectivity index is 1.86. The number of allylic oxidation sites excluding steroid dienone is 1. The Morgan fingerprint density at radius 1 is 1.17 bits per heavy atom. The molecule has 3 heterocycles. The van der Waals surface area contributed by atoms with Gasteiger partial charge in [0, 0.05) is 11.8 Å². The van der Waals surface area contributed by atoms with E-state index >= 15 is 0 Å². The standard InChI is InChI=1S/C25H24N2O6S2/c1-5-31-18-12-16(9-10-17(18)33-15(4)28)13-20-23(29)27-22(19-8-7-11-34-19)21(24(30)32-6-2)14(3)26-25(27)35-20/h7-13,22H,5-6H2,1-4H3/t22-/m1/s1. The summed E-state index contributed by atoms with van der Waals surface area (Å²) < 4.78 is 18.1. The van der Waals surface area contributed by atoms with E-state index in [9.17, 15) is 14.4 Å². The second-order valence-corrected chi connectivity index (χ2v) is 9.54. The molecule has 0 aliphatic carbocycles. The van der Waals surface area contributed by atoms with Gasteiger partial charge in [-0.15, -0.1) is 11.3 Å². The highest BCUT2D eigenvalue weighted by Crippen LogP contribution is 2.33. The third-order valence-electron chi connectivity index (χ3n) is 5.15. The number of nitrogens with zero attached hydrogens (tertiary/aromatic N) is 2. The van der Waals surface area contributed by atoms with Gasteiger partial charge in [0.1, 0.15) is 6.04 Å². The highest BCUT2D eigenvalue weighted by atomic mass is 32.1. The molecule has 0 spiro atoms. The van der Waals surface area contributed by atoms with E-state index in [4.69, 9.17) is 14.2 Å². The monoisotopic (exact) mass is 512 g/mol. The zero-order valence-corrected chi connectivity index (χ0v) is 21.3. The van der Waals surface area contributed by atoms with Gasteiger partial charge in [-0.1, -0.05) is 23.5 Å². The molecule has 1 aliphatic heterocycles. The maximum Gasteiger partial charge on any atom is 0.338 e. The van der Waals surface area contributed by atoms with Crippen LogP contribution < -0.4 is 24.4 Å². The van der Waals surface area contributed by atoms with Crippen LogP contribution in [0.5, 0.6) is 11.5 Å². The molecule has 0 radical (unpaired) electrons. The van der Waals surface area contributed by atoms with E-state index in [1.165, 1.54) is 29.6 Å². The molecule has 0 bridgehead atoms. The first-order valence-corrected chi connectivity index (χ1v) is 12.7. The Bertz CT molecular complexity index is 1480. The summed E-state index contributed by atoms with van der Waals surface area (Å²) in [7, 11) is 0. The van der Waals surface area contributed by atoms with Crippen molar-refractivity contribution in [3.8, 4) is 11.5 Å². The topological polar surface area (TPSA) is 96.2 Å². The van der Waals surface area contributed by atoms with Crippen LogP contribution in [0.1, 0.15) is 44.2 Å². The Hall–Kier alpha value is -3.50. The first kappa shape index (κ1) is 24.6. The molecule has 182 valence electrons. The molecule has 4 rings (SSSR count). The summed E-state index contributed by atoms with van der Waals surface area (Å²) in [5.74, 6) is -0.219. The van der Waals surface area contributed by atoms with E-state index in [-0.39, 0.29) is 12.2 Å². The van der Waals surface area contributed by atoms with Crippen molar-refractivity contribution in [2.75, 3.05) is 13.2 Å². The number of thiophene rings is 1. The smallest absolute Gasteiger partial charge is 0.338 e. The molecular formula is C25H24N2O6S2. The highest BCUT2D eigenvalue weighted by molar-refractivity contribution is 7.10. The molecule has 3 aromatic rings. The molecule has 1 atom stereocenters. The van der Waals surface area contributed by atoms with Crippen molar-refractivity contribution in [3.63, 3.8) is 0 Å². The Morgan fingerprint density at radius 3 is 2.63 bits per heavy atom. The minimum Gasteiger partial charge on any atom is -0.490 e. The number of rotatable bonds is 7. The predicted molar refractivity (Wildman–Crippen MR) is 134 cm³/mol. The fraction of sp³-hybridized carbons (Fsp3) is 0.280. The molecule has 0 saturated carbocycles. The summed E-state index contributed by atoms with van der Waals surface area (Å²) in [4.78, 5) is 43.7. The number of carbonyl (C=O) groups is 2. The maximum atomic E-state index is 13.6. The van der Waals surface area contributed by atoms with Gasteiger partial charge < -0.3 is 14.2 Å². The lowest BCUT2D eigenvalue weighted by molar-refractivity contribution is -0.139. The second-order valence-electron chi connectivity index (χ2n) is 7.55. The molecule has 1 aromatic carbocycles. The van der Waals surface area contributed by atoms with Crippen LogP contribution in [0.3, 0.4) is 0 Å². The minimum absolute atomic E-state index is 0.225. The van der Waals surface area contributed by atoms with Gasteiger partial charge in [-0.2, -0.15) is 0 Å². The minimum atomic E-state index is -0.613. The van der Waals surface area contributed by atoms with E-state index in [2.05, 4.69) is 4.99 Å². The van der Waals surface area contributed by atoms with E-state index in [1.54, 1.807) is 42.7 Å². The van der Waals surface area contributed by atoms with Crippen molar-refractivity contribution in [2.24, 2.45) is 4.99 Å². The number of aromatic nitrogens is 1. The largest absolute Gasteiger partial charge is 0.490 e. The first-order chi connectivity index (χ1) is 16.8. The number of hydrogen-bond donors (Lipinski definition) is 0. The van der Waals surface area contributed by atoms with Gasteiger partial charge in [0.15, 0.2) is 16.3 Å². The maximum absolute atomic E-state index is 13.6. The number of fused-ring (bicyclic) bond motifs is 1. The Labute approximate surface area is 209 Å². The van der Waals surface area contributed by atoms with Gasteiger partial charge in [-0.25, -0.2) is 9.79 Å². The molecule has 0 unspecified atom stereocenters. The summed E-state index contributed by atoms with van der Waals surface area (Å²) in [6.45, 7) is 7.26. The molecular weight excluding hydrogens is 488 g/mol. The fourth-order valence-corrected chi connectivity index (χ4v) is 5.65. The molecule has 10 heteroatoms. The molecule has 0 fully saturated rings. The zero-order chi connectivity index (χ0) is 25.1. The summed E-state index contributed by atoms with van der Waals surface area (Å²) in [6, 6.07) is 8.25. The van der Waals surface area contributed by atoms with Gasteiger partial charge >= 0.3 is 11.9 Å². The summed E-state index contributed by atoms with van der Waals surface area (Å²) in [6.07, 6.45) is 1.73. The Kier molecular flexibility index (Phi) is 7.32. The number of hydrogen-bond acceptors (Lipinski definition) is 9. The van der Waals surface area contributed by atoms with E-state index in [1.807, 2.05) is 24.4 Å². The van der Waals surface area contributed by atoms with E-state index in [0.29, 0.717) is 44.3 Å². The van der Waals surface area contributed by atoms with Crippen LogP contribution in [0.25, 0.3) is 6.08 Å².